The molecular weight excluding hydrogens is 310 g/mol. The summed E-state index contributed by atoms with van der Waals surface area (Å²) in [5.41, 5.74) is -1.19. The van der Waals surface area contributed by atoms with Gasteiger partial charge in [0.05, 0.1) is 6.54 Å². The van der Waals surface area contributed by atoms with Crippen molar-refractivity contribution in [3.05, 3.63) is 35.9 Å². The van der Waals surface area contributed by atoms with Crippen molar-refractivity contribution in [2.24, 2.45) is 5.41 Å². The van der Waals surface area contributed by atoms with Crippen LogP contribution < -0.4 is 0 Å². The smallest absolute Gasteiger partial charge is 0.410 e. The van der Waals surface area contributed by atoms with E-state index in [-0.39, 0.29) is 25.5 Å². The molecule has 1 aliphatic rings. The fourth-order valence-electron chi connectivity index (χ4n) is 2.38. The Hall–Kier alpha value is -2.37. The number of ether oxygens (including phenoxy) is 2. The molecule has 0 aliphatic carbocycles. The highest BCUT2D eigenvalue weighted by Crippen LogP contribution is 2.30. The number of carbonyl (C=O) groups excluding carboxylic acids is 3. The number of amides is 1. The van der Waals surface area contributed by atoms with E-state index < -0.39 is 23.1 Å². The zero-order chi connectivity index (χ0) is 18.0. The number of hydrogen-bond donors (Lipinski definition) is 0. The Labute approximate surface area is 141 Å². The maximum absolute atomic E-state index is 12.3. The first kappa shape index (κ1) is 18.0. The van der Waals surface area contributed by atoms with Crippen LogP contribution in [0.1, 0.15) is 33.3 Å². The quantitative estimate of drug-likeness (QED) is 0.628. The molecule has 0 aromatic heterocycles. The lowest BCUT2D eigenvalue weighted by Gasteiger charge is -2.27. The van der Waals surface area contributed by atoms with Gasteiger partial charge >= 0.3 is 12.1 Å². The molecule has 24 heavy (non-hydrogen) atoms. The summed E-state index contributed by atoms with van der Waals surface area (Å²) in [5.74, 6) is -0.952. The van der Waals surface area contributed by atoms with Gasteiger partial charge in [0.15, 0.2) is 5.78 Å². The molecule has 6 nitrogen and oxygen atoms in total. The molecule has 130 valence electrons. The van der Waals surface area contributed by atoms with Crippen LogP contribution in [0.25, 0.3) is 0 Å². The molecule has 0 saturated carbocycles. The van der Waals surface area contributed by atoms with E-state index in [0.717, 1.165) is 5.56 Å². The lowest BCUT2D eigenvalue weighted by atomic mass is 9.88. The van der Waals surface area contributed by atoms with Crippen molar-refractivity contribution in [3.8, 4) is 0 Å². The van der Waals surface area contributed by atoms with E-state index in [0.29, 0.717) is 0 Å². The predicted molar refractivity (Wildman–Crippen MR) is 87.2 cm³/mol. The maximum Gasteiger partial charge on any atom is 0.410 e. The predicted octanol–water partition coefficient (Wildman–Crippen LogP) is 2.56. The molecule has 1 heterocycles. The molecule has 0 spiro atoms. The van der Waals surface area contributed by atoms with Gasteiger partial charge in [0, 0.05) is 6.54 Å². The van der Waals surface area contributed by atoms with Gasteiger partial charge in [-0.25, -0.2) is 4.79 Å². The largest absolute Gasteiger partial charge is 0.459 e. The minimum Gasteiger partial charge on any atom is -0.459 e. The van der Waals surface area contributed by atoms with Crippen LogP contribution in [0.3, 0.4) is 0 Å². The third-order valence-electron chi connectivity index (χ3n) is 3.77. The number of carbonyl (C=O) groups is 3. The van der Waals surface area contributed by atoms with Gasteiger partial charge < -0.3 is 9.47 Å². The molecule has 0 unspecified atom stereocenters. The van der Waals surface area contributed by atoms with Crippen LogP contribution in [0.2, 0.25) is 0 Å². The van der Waals surface area contributed by atoms with Gasteiger partial charge in [-0.15, -0.1) is 0 Å². The second-order valence-corrected chi connectivity index (χ2v) is 7.15. The third-order valence-corrected chi connectivity index (χ3v) is 3.77. The van der Waals surface area contributed by atoms with Crippen molar-refractivity contribution >= 4 is 17.8 Å². The summed E-state index contributed by atoms with van der Waals surface area (Å²) in [6.45, 7) is 6.65. The van der Waals surface area contributed by atoms with Crippen LogP contribution in [-0.4, -0.2) is 41.4 Å². The molecule has 2 rings (SSSR count). The van der Waals surface area contributed by atoms with Crippen molar-refractivity contribution in [3.63, 3.8) is 0 Å². The van der Waals surface area contributed by atoms with Crippen molar-refractivity contribution in [2.45, 2.75) is 39.9 Å². The lowest BCUT2D eigenvalue weighted by Crippen LogP contribution is -2.42. The van der Waals surface area contributed by atoms with Gasteiger partial charge in [-0.1, -0.05) is 30.3 Å². The second-order valence-electron chi connectivity index (χ2n) is 7.15. The Morgan fingerprint density at radius 3 is 2.42 bits per heavy atom. The number of nitrogens with zero attached hydrogens (tertiary/aromatic N) is 1. The summed E-state index contributed by atoms with van der Waals surface area (Å²) in [5, 5.41) is 0. The Morgan fingerprint density at radius 2 is 1.83 bits per heavy atom. The zero-order valence-electron chi connectivity index (χ0n) is 14.5. The van der Waals surface area contributed by atoms with Crippen molar-refractivity contribution < 1.29 is 23.9 Å². The zero-order valence-corrected chi connectivity index (χ0v) is 14.5. The number of Topliss-reactive ketones (excluding diaryl/α,β-unsaturated/α-hetero) is 1. The summed E-state index contributed by atoms with van der Waals surface area (Å²) in [6, 6.07) is 9.25. The van der Waals surface area contributed by atoms with Crippen LogP contribution in [0.4, 0.5) is 4.79 Å². The second kappa shape index (κ2) is 6.63. The van der Waals surface area contributed by atoms with Crippen LogP contribution in [-0.2, 0) is 25.7 Å². The average molecular weight is 333 g/mol. The van der Waals surface area contributed by atoms with Gasteiger partial charge in [0.1, 0.15) is 17.6 Å². The highest BCUT2D eigenvalue weighted by molar-refractivity contribution is 6.07. The van der Waals surface area contributed by atoms with E-state index in [9.17, 15) is 14.4 Å². The van der Waals surface area contributed by atoms with E-state index in [2.05, 4.69) is 0 Å². The summed E-state index contributed by atoms with van der Waals surface area (Å²) in [6.07, 6.45) is -0.612. The standard InChI is InChI=1S/C18H23NO5/c1-17(2,3)24-15(21)18(4)12-19(10-14(18)20)16(22)23-11-13-8-6-5-7-9-13/h5-9H,10-12H2,1-4H3/t18-/m0/s1. The van der Waals surface area contributed by atoms with Gasteiger partial charge in [-0.05, 0) is 33.3 Å². The van der Waals surface area contributed by atoms with Gasteiger partial charge in [-0.3, -0.25) is 14.5 Å². The first-order valence-electron chi connectivity index (χ1n) is 7.84. The summed E-state index contributed by atoms with van der Waals surface area (Å²) in [4.78, 5) is 38.0. The minimum absolute atomic E-state index is 0.0334. The van der Waals surface area contributed by atoms with Crippen LogP contribution in [0.15, 0.2) is 30.3 Å². The first-order valence-corrected chi connectivity index (χ1v) is 7.84. The van der Waals surface area contributed by atoms with Crippen LogP contribution in [0.5, 0.6) is 0 Å². The molecular formula is C18H23NO5. The summed E-state index contributed by atoms with van der Waals surface area (Å²) < 4.78 is 10.5. The first-order chi connectivity index (χ1) is 11.1. The van der Waals surface area contributed by atoms with Gasteiger partial charge in [0.2, 0.25) is 0 Å². The van der Waals surface area contributed by atoms with Crippen LogP contribution >= 0.6 is 0 Å². The molecule has 1 amide bonds. The number of likely N-dealkylation sites (tertiary alicyclic amines) is 1. The van der Waals surface area contributed by atoms with E-state index in [4.69, 9.17) is 9.47 Å². The number of ketones is 1. The van der Waals surface area contributed by atoms with Crippen LogP contribution in [0, 0.1) is 5.41 Å². The monoisotopic (exact) mass is 333 g/mol. The SMILES string of the molecule is CC(C)(C)OC(=O)[C@@]1(C)CN(C(=O)OCc2ccccc2)CC1=O. The van der Waals surface area contributed by atoms with Crippen molar-refractivity contribution in [1.82, 2.24) is 4.90 Å². The minimum atomic E-state index is -1.35. The van der Waals surface area contributed by atoms with Crippen molar-refractivity contribution in [1.29, 1.82) is 0 Å². The van der Waals surface area contributed by atoms with E-state index in [1.165, 1.54) is 11.8 Å². The van der Waals surface area contributed by atoms with E-state index in [1.54, 1.807) is 20.8 Å². The summed E-state index contributed by atoms with van der Waals surface area (Å²) in [7, 11) is 0. The Balaban J connectivity index is 1.98. The Kier molecular flexibility index (Phi) is 4.96. The molecule has 1 aliphatic heterocycles. The van der Waals surface area contributed by atoms with E-state index >= 15 is 0 Å². The Morgan fingerprint density at radius 1 is 1.21 bits per heavy atom. The lowest BCUT2D eigenvalue weighted by molar-refractivity contribution is -0.167. The fraction of sp³-hybridized carbons (Fsp3) is 0.500. The van der Waals surface area contributed by atoms with Gasteiger partial charge in [-0.2, -0.15) is 0 Å². The van der Waals surface area contributed by atoms with Crippen molar-refractivity contribution in [2.75, 3.05) is 13.1 Å². The highest BCUT2D eigenvalue weighted by atomic mass is 16.6. The fourth-order valence-corrected chi connectivity index (χ4v) is 2.38. The molecule has 1 fully saturated rings. The third kappa shape index (κ3) is 4.13. The number of rotatable bonds is 3. The van der Waals surface area contributed by atoms with Gasteiger partial charge in [0.25, 0.3) is 0 Å². The molecule has 6 heteroatoms. The molecule has 1 aromatic rings. The average Bonchev–Trinajstić information content (AvgIpc) is 2.81. The normalized spacial score (nSPS) is 20.8. The number of esters is 1. The van der Waals surface area contributed by atoms with E-state index in [1.807, 2.05) is 30.3 Å². The number of hydrogen-bond acceptors (Lipinski definition) is 5. The highest BCUT2D eigenvalue weighted by Gasteiger charge is 2.51. The number of benzene rings is 1. The Bertz CT molecular complexity index is 635. The molecule has 0 N–H and O–H groups in total. The topological polar surface area (TPSA) is 72.9 Å². The molecule has 0 bridgehead atoms. The molecule has 1 saturated heterocycles. The molecule has 1 aromatic carbocycles. The molecule has 0 radical (unpaired) electrons. The maximum atomic E-state index is 12.3. The summed E-state index contributed by atoms with van der Waals surface area (Å²) >= 11 is 0. The molecule has 1 atom stereocenters.